The van der Waals surface area contributed by atoms with Crippen LogP contribution in [0.2, 0.25) is 0 Å². The van der Waals surface area contributed by atoms with Crippen LogP contribution in [0.15, 0.2) is 103 Å². The van der Waals surface area contributed by atoms with Crippen molar-refractivity contribution in [1.82, 2.24) is 14.9 Å². The van der Waals surface area contributed by atoms with E-state index in [4.69, 9.17) is 4.74 Å². The average Bonchev–Trinajstić information content (AvgIpc) is 2.96. The summed E-state index contributed by atoms with van der Waals surface area (Å²) in [6.45, 7) is 4.88. The van der Waals surface area contributed by atoms with Crippen LogP contribution in [-0.4, -0.2) is 54.7 Å². The molecule has 0 saturated carbocycles. The van der Waals surface area contributed by atoms with Gasteiger partial charge in [-0.05, 0) is 47.9 Å². The van der Waals surface area contributed by atoms with Crippen LogP contribution < -0.4 is 9.64 Å². The van der Waals surface area contributed by atoms with Crippen molar-refractivity contribution in [3.63, 3.8) is 0 Å². The highest BCUT2D eigenvalue weighted by molar-refractivity contribution is 5.51. The zero-order chi connectivity index (χ0) is 23.9. The Bertz CT molecular complexity index is 1140. The number of rotatable bonds is 8. The van der Waals surface area contributed by atoms with Gasteiger partial charge in [-0.15, -0.1) is 0 Å². The summed E-state index contributed by atoms with van der Waals surface area (Å²) in [5.41, 5.74) is 3.65. The van der Waals surface area contributed by atoms with E-state index in [9.17, 15) is 0 Å². The number of aromatic nitrogens is 2. The molecule has 1 aliphatic heterocycles. The molecule has 1 aromatic heterocycles. The van der Waals surface area contributed by atoms with Crippen LogP contribution in [0.25, 0.3) is 0 Å². The minimum Gasteiger partial charge on any atom is -0.497 e. The smallest absolute Gasteiger partial charge is 0.225 e. The van der Waals surface area contributed by atoms with Gasteiger partial charge in [0.15, 0.2) is 0 Å². The van der Waals surface area contributed by atoms with Gasteiger partial charge < -0.3 is 9.64 Å². The summed E-state index contributed by atoms with van der Waals surface area (Å²) in [7, 11) is 1.72. The van der Waals surface area contributed by atoms with Crippen molar-refractivity contribution in [3.05, 3.63) is 120 Å². The molecule has 1 aliphatic rings. The predicted molar refractivity (Wildman–Crippen MR) is 141 cm³/mol. The fraction of sp³-hybridized carbons (Fsp3) is 0.267. The number of benzene rings is 3. The fourth-order valence-electron chi connectivity index (χ4n) is 5.21. The normalized spacial score (nSPS) is 14.6. The second-order valence-corrected chi connectivity index (χ2v) is 8.99. The average molecular weight is 465 g/mol. The van der Waals surface area contributed by atoms with Gasteiger partial charge in [-0.25, -0.2) is 9.97 Å². The zero-order valence-corrected chi connectivity index (χ0v) is 20.3. The highest BCUT2D eigenvalue weighted by Crippen LogP contribution is 2.42. The number of nitrogens with zero attached hydrogens (tertiary/aromatic N) is 4. The molecule has 0 unspecified atom stereocenters. The van der Waals surface area contributed by atoms with Gasteiger partial charge in [-0.3, -0.25) is 4.90 Å². The van der Waals surface area contributed by atoms with E-state index in [0.29, 0.717) is 0 Å². The summed E-state index contributed by atoms with van der Waals surface area (Å²) in [6.07, 6.45) is 4.62. The van der Waals surface area contributed by atoms with E-state index in [1.807, 2.05) is 18.5 Å². The summed E-state index contributed by atoms with van der Waals surface area (Å²) in [5.74, 6) is 1.70. The lowest BCUT2D eigenvalue weighted by atomic mass is 9.67. The Morgan fingerprint density at radius 1 is 0.686 bits per heavy atom. The molecule has 0 radical (unpaired) electrons. The Kier molecular flexibility index (Phi) is 7.05. The van der Waals surface area contributed by atoms with Gasteiger partial charge >= 0.3 is 0 Å². The van der Waals surface area contributed by atoms with Gasteiger partial charge in [0.2, 0.25) is 5.95 Å². The van der Waals surface area contributed by atoms with Gasteiger partial charge in [0.1, 0.15) is 5.75 Å². The zero-order valence-electron chi connectivity index (χ0n) is 20.3. The van der Waals surface area contributed by atoms with Crippen molar-refractivity contribution < 1.29 is 4.74 Å². The Balaban J connectivity index is 1.44. The molecule has 0 aliphatic carbocycles. The van der Waals surface area contributed by atoms with E-state index in [0.717, 1.165) is 50.8 Å². The molecule has 0 N–H and O–H groups in total. The topological polar surface area (TPSA) is 41.5 Å². The van der Waals surface area contributed by atoms with Crippen LogP contribution in [0, 0.1) is 0 Å². The number of anilines is 1. The summed E-state index contributed by atoms with van der Waals surface area (Å²) in [4.78, 5) is 13.7. The Morgan fingerprint density at radius 3 is 1.77 bits per heavy atom. The van der Waals surface area contributed by atoms with E-state index in [1.54, 1.807) is 7.11 Å². The number of hydrogen-bond donors (Lipinski definition) is 0. The molecule has 0 spiro atoms. The SMILES string of the molecule is COc1ccc(C(CCN2CCN(c3ncccn3)CC2)(c2ccccc2)c2ccccc2)cc1. The van der Waals surface area contributed by atoms with Gasteiger partial charge in [0.25, 0.3) is 0 Å². The summed E-state index contributed by atoms with van der Waals surface area (Å²) < 4.78 is 5.47. The molecule has 0 bridgehead atoms. The third-order valence-corrected chi connectivity index (χ3v) is 7.13. The lowest BCUT2D eigenvalue weighted by Gasteiger charge is -2.40. The van der Waals surface area contributed by atoms with Crippen LogP contribution in [0.4, 0.5) is 5.95 Å². The fourth-order valence-corrected chi connectivity index (χ4v) is 5.21. The Hall–Kier alpha value is -3.70. The molecular formula is C30H32N4O. The summed E-state index contributed by atoms with van der Waals surface area (Å²) >= 11 is 0. The van der Waals surface area contributed by atoms with Crippen molar-refractivity contribution in [2.45, 2.75) is 11.8 Å². The van der Waals surface area contributed by atoms with Gasteiger partial charge in [-0.2, -0.15) is 0 Å². The maximum atomic E-state index is 5.47. The van der Waals surface area contributed by atoms with Crippen LogP contribution in [0.3, 0.4) is 0 Å². The first-order chi connectivity index (χ1) is 17.3. The molecule has 5 heteroatoms. The molecule has 5 nitrogen and oxygen atoms in total. The molecule has 2 heterocycles. The van der Waals surface area contributed by atoms with E-state index in [1.165, 1.54) is 16.7 Å². The highest BCUT2D eigenvalue weighted by Gasteiger charge is 2.36. The minimum absolute atomic E-state index is 0.255. The lowest BCUT2D eigenvalue weighted by molar-refractivity contribution is 0.241. The maximum Gasteiger partial charge on any atom is 0.225 e. The summed E-state index contributed by atoms with van der Waals surface area (Å²) in [5, 5.41) is 0. The van der Waals surface area contributed by atoms with Crippen LogP contribution in [0.5, 0.6) is 5.75 Å². The second-order valence-electron chi connectivity index (χ2n) is 8.99. The molecule has 4 aromatic rings. The molecule has 178 valence electrons. The first-order valence-corrected chi connectivity index (χ1v) is 12.3. The number of piperazine rings is 1. The molecule has 5 rings (SSSR count). The van der Waals surface area contributed by atoms with Gasteiger partial charge in [0.05, 0.1) is 7.11 Å². The minimum atomic E-state index is -0.255. The van der Waals surface area contributed by atoms with E-state index in [-0.39, 0.29) is 5.41 Å². The van der Waals surface area contributed by atoms with Gasteiger partial charge in [-0.1, -0.05) is 72.8 Å². The maximum absolute atomic E-state index is 5.47. The van der Waals surface area contributed by atoms with Gasteiger partial charge in [0, 0.05) is 44.0 Å². The first kappa shape index (κ1) is 23.1. The van der Waals surface area contributed by atoms with Crippen LogP contribution in [0.1, 0.15) is 23.1 Å². The lowest BCUT2D eigenvalue weighted by Crippen LogP contribution is -2.48. The first-order valence-electron chi connectivity index (χ1n) is 12.3. The quantitative estimate of drug-likeness (QED) is 0.342. The monoisotopic (exact) mass is 464 g/mol. The molecule has 35 heavy (non-hydrogen) atoms. The van der Waals surface area contributed by atoms with Crippen molar-refractivity contribution in [2.24, 2.45) is 0 Å². The van der Waals surface area contributed by atoms with Crippen molar-refractivity contribution in [2.75, 3.05) is 44.7 Å². The molecule has 3 aromatic carbocycles. The van der Waals surface area contributed by atoms with Crippen molar-refractivity contribution in [3.8, 4) is 5.75 Å². The number of ether oxygens (including phenoxy) is 1. The molecule has 0 atom stereocenters. The van der Waals surface area contributed by atoms with Crippen LogP contribution in [-0.2, 0) is 5.41 Å². The van der Waals surface area contributed by atoms with E-state index < -0.39 is 0 Å². The summed E-state index contributed by atoms with van der Waals surface area (Å²) in [6, 6.07) is 32.3. The number of methoxy groups -OCH3 is 1. The number of hydrogen-bond acceptors (Lipinski definition) is 5. The van der Waals surface area contributed by atoms with Crippen molar-refractivity contribution in [1.29, 1.82) is 0 Å². The standard InChI is InChI=1S/C30H32N4O/c1-35-28-15-13-27(14-16-28)30(25-9-4-2-5-10-25,26-11-6-3-7-12-26)17-20-33-21-23-34(24-22-33)29-31-18-8-19-32-29/h2-16,18-19H,17,20-24H2,1H3. The Morgan fingerprint density at radius 2 is 1.23 bits per heavy atom. The van der Waals surface area contributed by atoms with Crippen molar-refractivity contribution >= 4 is 5.95 Å². The molecule has 1 saturated heterocycles. The molecule has 1 fully saturated rings. The molecule has 0 amide bonds. The Labute approximate surface area is 208 Å². The predicted octanol–water partition coefficient (Wildman–Crippen LogP) is 5.03. The van der Waals surface area contributed by atoms with E-state index >= 15 is 0 Å². The van der Waals surface area contributed by atoms with E-state index in [2.05, 4.69) is 105 Å². The third-order valence-electron chi connectivity index (χ3n) is 7.13. The molecular weight excluding hydrogens is 432 g/mol. The second kappa shape index (κ2) is 10.7. The highest BCUT2D eigenvalue weighted by atomic mass is 16.5. The van der Waals surface area contributed by atoms with Crippen LogP contribution >= 0.6 is 0 Å². The largest absolute Gasteiger partial charge is 0.497 e. The third kappa shape index (κ3) is 4.91.